The van der Waals surface area contributed by atoms with E-state index in [0.717, 1.165) is 0 Å². The Morgan fingerprint density at radius 3 is 0.923 bits per heavy atom. The van der Waals surface area contributed by atoms with Crippen LogP contribution in [0, 0.1) is 0 Å². The summed E-state index contributed by atoms with van der Waals surface area (Å²) in [5.74, 6) is 0. The van der Waals surface area contributed by atoms with E-state index in [2.05, 4.69) is 22.0 Å². The lowest BCUT2D eigenvalue weighted by atomic mass is 10.0. The molecule has 1 fully saturated rings. The number of fused-ring (bicyclic) bond motifs is 4. The van der Waals surface area contributed by atoms with Crippen LogP contribution in [0.5, 0.6) is 0 Å². The van der Waals surface area contributed by atoms with Crippen LogP contribution in [0.4, 0.5) is 0 Å². The molecule has 226 valence electrons. The number of hydrogen-bond donors (Lipinski definition) is 0. The average Bonchev–Trinajstić information content (AvgIpc) is 2.95. The summed E-state index contributed by atoms with van der Waals surface area (Å²) in [7, 11) is 0. The van der Waals surface area contributed by atoms with Crippen LogP contribution < -0.4 is 0 Å². The molecule has 3 aliphatic rings. The zero-order valence-corrected chi connectivity index (χ0v) is 26.4. The third-order valence-corrected chi connectivity index (χ3v) is 9.80. The van der Waals surface area contributed by atoms with Crippen molar-refractivity contribution in [1.29, 1.82) is 0 Å². The van der Waals surface area contributed by atoms with Crippen LogP contribution in [0.25, 0.3) is 0 Å². The van der Waals surface area contributed by atoms with E-state index < -0.39 is 0 Å². The maximum absolute atomic E-state index is 2.75. The molecule has 2 heteroatoms. The van der Waals surface area contributed by atoms with Gasteiger partial charge in [0.05, 0.1) is 0 Å². The molecule has 2 nitrogen and oxygen atoms in total. The largest absolute Gasteiger partial charge is 0.299 e. The van der Waals surface area contributed by atoms with Crippen molar-refractivity contribution in [1.82, 2.24) is 9.80 Å². The summed E-state index contributed by atoms with van der Waals surface area (Å²) in [6, 6.07) is 0. The third kappa shape index (κ3) is 17.1. The van der Waals surface area contributed by atoms with Crippen LogP contribution in [0.3, 0.4) is 0 Å². The maximum atomic E-state index is 2.75. The smallest absolute Gasteiger partial charge is 0.0192 e. The van der Waals surface area contributed by atoms with E-state index in [-0.39, 0.29) is 0 Å². The minimum absolute atomic E-state index is 1.27. The highest BCUT2D eigenvalue weighted by molar-refractivity contribution is 5.08. The van der Waals surface area contributed by atoms with Crippen molar-refractivity contribution in [3.05, 3.63) is 23.3 Å². The molecule has 0 radical (unpaired) electrons. The van der Waals surface area contributed by atoms with E-state index in [1.165, 1.54) is 213 Å². The average molecular weight is 541 g/mol. The van der Waals surface area contributed by atoms with Crippen LogP contribution in [-0.4, -0.2) is 49.1 Å². The quantitative estimate of drug-likeness (QED) is 0.282. The zero-order valence-electron chi connectivity index (χ0n) is 26.4. The van der Waals surface area contributed by atoms with E-state index in [0.29, 0.717) is 0 Å². The fourth-order valence-electron chi connectivity index (χ4n) is 7.24. The van der Waals surface area contributed by atoms with Gasteiger partial charge in [-0.1, -0.05) is 145 Å². The number of nitrogens with zero attached hydrogens (tertiary/aromatic N) is 2. The minimum atomic E-state index is 1.27. The summed E-state index contributed by atoms with van der Waals surface area (Å²) in [4.78, 5) is 5.50. The molecular weight excluding hydrogens is 472 g/mol. The van der Waals surface area contributed by atoms with Gasteiger partial charge in [-0.05, 0) is 64.5 Å². The Morgan fingerprint density at radius 1 is 0.308 bits per heavy atom. The fraction of sp³-hybridized carbons (Fsp3) is 0.892. The van der Waals surface area contributed by atoms with Gasteiger partial charge >= 0.3 is 0 Å². The molecule has 3 heterocycles. The lowest BCUT2D eigenvalue weighted by Crippen LogP contribution is -2.30. The molecule has 3 rings (SSSR count). The van der Waals surface area contributed by atoms with Crippen molar-refractivity contribution in [3.63, 3.8) is 0 Å². The van der Waals surface area contributed by atoms with Gasteiger partial charge < -0.3 is 0 Å². The normalized spacial score (nSPS) is 28.5. The molecule has 0 aromatic rings. The molecule has 2 atom stereocenters. The molecule has 1 saturated heterocycles. The van der Waals surface area contributed by atoms with E-state index in [1.807, 2.05) is 0 Å². The van der Waals surface area contributed by atoms with Crippen molar-refractivity contribution in [2.24, 2.45) is 0 Å². The summed E-state index contributed by atoms with van der Waals surface area (Å²) in [6.45, 7) is 7.84. The molecule has 3 aliphatic heterocycles. The predicted molar refractivity (Wildman–Crippen MR) is 174 cm³/mol. The van der Waals surface area contributed by atoms with Gasteiger partial charge in [0.15, 0.2) is 0 Å². The maximum Gasteiger partial charge on any atom is 0.0192 e. The van der Waals surface area contributed by atoms with E-state index >= 15 is 0 Å². The molecule has 0 amide bonds. The van der Waals surface area contributed by atoms with Crippen LogP contribution in [-0.2, 0) is 0 Å². The first kappa shape index (κ1) is 32.9. The molecule has 0 N–H and O–H groups in total. The van der Waals surface area contributed by atoms with E-state index in [4.69, 9.17) is 0 Å². The highest BCUT2D eigenvalue weighted by Gasteiger charge is 2.13. The number of hydrogen-bond acceptors (Lipinski definition) is 2. The Bertz CT molecular complexity index is 635. The van der Waals surface area contributed by atoms with Crippen LogP contribution in [0.15, 0.2) is 23.3 Å². The Kier molecular flexibility index (Phi) is 19.4. The van der Waals surface area contributed by atoms with E-state index in [1.54, 1.807) is 11.1 Å². The molecular formula is C37H68N2. The standard InChI is InChI=1S/C37H68N2/c1-2-6-10-14-18-22-30-38-32-25-29-37(35-38)27-21-17-13-9-5-3-7-11-15-19-23-31-39-33-24-28-36(34-39)26-20-16-12-8-4-1/h28-29H,1-27,30-35H2. The topological polar surface area (TPSA) is 6.48 Å². The van der Waals surface area contributed by atoms with Gasteiger partial charge in [-0.3, -0.25) is 9.80 Å². The molecule has 39 heavy (non-hydrogen) atoms. The van der Waals surface area contributed by atoms with Crippen LogP contribution in [0.1, 0.15) is 173 Å². The summed E-state index contributed by atoms with van der Waals surface area (Å²) >= 11 is 0. The number of rotatable bonds is 0. The van der Waals surface area contributed by atoms with Gasteiger partial charge in [0.1, 0.15) is 0 Å². The fourth-order valence-corrected chi connectivity index (χ4v) is 7.24. The van der Waals surface area contributed by atoms with Gasteiger partial charge in [0, 0.05) is 26.2 Å². The van der Waals surface area contributed by atoms with Crippen LogP contribution >= 0.6 is 0 Å². The lowest BCUT2D eigenvalue weighted by Gasteiger charge is -2.27. The monoisotopic (exact) mass is 541 g/mol. The van der Waals surface area contributed by atoms with Gasteiger partial charge in [-0.15, -0.1) is 0 Å². The molecule has 0 saturated carbocycles. The first-order valence-electron chi connectivity index (χ1n) is 18.2. The van der Waals surface area contributed by atoms with Gasteiger partial charge in [-0.25, -0.2) is 0 Å². The molecule has 0 aliphatic carbocycles. The summed E-state index contributed by atoms with van der Waals surface area (Å²) in [6.07, 6.45) is 44.0. The van der Waals surface area contributed by atoms with E-state index in [9.17, 15) is 0 Å². The SMILES string of the molecule is C1=C2CCCCCCCCCCCCCN3CCC=C(CCCCCCCCCCCCCCN(CC1)C2)C3. The summed E-state index contributed by atoms with van der Waals surface area (Å²) in [5.41, 5.74) is 3.50. The van der Waals surface area contributed by atoms with Gasteiger partial charge in [0.2, 0.25) is 0 Å². The molecule has 0 spiro atoms. The molecule has 4 bridgehead atoms. The van der Waals surface area contributed by atoms with Crippen molar-refractivity contribution in [3.8, 4) is 0 Å². The Hall–Kier alpha value is -0.600. The Balaban J connectivity index is 1.28. The van der Waals surface area contributed by atoms with Crippen LogP contribution in [0.2, 0.25) is 0 Å². The first-order chi connectivity index (χ1) is 19.4. The third-order valence-electron chi connectivity index (χ3n) is 9.80. The molecule has 2 unspecified atom stereocenters. The lowest BCUT2D eigenvalue weighted by molar-refractivity contribution is 0.278. The van der Waals surface area contributed by atoms with Crippen molar-refractivity contribution >= 4 is 0 Å². The van der Waals surface area contributed by atoms with Crippen molar-refractivity contribution < 1.29 is 0 Å². The second-order valence-electron chi connectivity index (χ2n) is 13.5. The van der Waals surface area contributed by atoms with Crippen molar-refractivity contribution in [2.45, 2.75) is 173 Å². The highest BCUT2D eigenvalue weighted by Crippen LogP contribution is 2.21. The highest BCUT2D eigenvalue weighted by atomic mass is 15.1. The predicted octanol–water partition coefficient (Wildman–Crippen LogP) is 11.0. The second kappa shape index (κ2) is 23.0. The minimum Gasteiger partial charge on any atom is -0.299 e. The zero-order chi connectivity index (χ0) is 27.1. The van der Waals surface area contributed by atoms with Crippen molar-refractivity contribution in [2.75, 3.05) is 39.3 Å². The van der Waals surface area contributed by atoms with Gasteiger partial charge in [0.25, 0.3) is 0 Å². The summed E-state index contributed by atoms with van der Waals surface area (Å²) < 4.78 is 0. The Morgan fingerprint density at radius 2 is 0.590 bits per heavy atom. The molecule has 0 aromatic carbocycles. The first-order valence-corrected chi connectivity index (χ1v) is 18.2. The molecule has 0 aromatic heterocycles. The Labute approximate surface area is 245 Å². The second-order valence-corrected chi connectivity index (χ2v) is 13.5. The summed E-state index contributed by atoms with van der Waals surface area (Å²) in [5, 5.41) is 0. The van der Waals surface area contributed by atoms with Gasteiger partial charge in [-0.2, -0.15) is 0 Å².